The molecule has 3 rings (SSSR count). The number of aromatic nitrogens is 2. The summed E-state index contributed by atoms with van der Waals surface area (Å²) in [5.41, 5.74) is 2.85. The molecule has 0 aliphatic heterocycles. The summed E-state index contributed by atoms with van der Waals surface area (Å²) in [6, 6.07) is 18.9. The Labute approximate surface area is 158 Å². The molecule has 1 heterocycles. The summed E-state index contributed by atoms with van der Waals surface area (Å²) in [7, 11) is 0. The Morgan fingerprint density at radius 2 is 1.74 bits per heavy atom. The van der Waals surface area contributed by atoms with Crippen LogP contribution in [0.4, 0.5) is 17.3 Å². The van der Waals surface area contributed by atoms with Crippen molar-refractivity contribution in [3.05, 3.63) is 71.3 Å². The van der Waals surface area contributed by atoms with E-state index in [0.717, 1.165) is 5.69 Å². The number of H-pyrrole nitrogens is 1. The Hall–Kier alpha value is -3.59. The lowest BCUT2D eigenvalue weighted by Crippen LogP contribution is -2.12. The first kappa shape index (κ1) is 18.2. The van der Waals surface area contributed by atoms with Gasteiger partial charge in [0, 0.05) is 11.3 Å². The second kappa shape index (κ2) is 7.34. The third-order valence-corrected chi connectivity index (χ3v) is 4.17. The summed E-state index contributed by atoms with van der Waals surface area (Å²) in [4.78, 5) is 12.3. The lowest BCUT2D eigenvalue weighted by molar-refractivity contribution is 0.102. The summed E-state index contributed by atoms with van der Waals surface area (Å²) in [6.45, 7) is 6.46. The largest absolute Gasteiger partial charge is 0.339 e. The van der Waals surface area contributed by atoms with Gasteiger partial charge in [0.1, 0.15) is 17.5 Å². The Morgan fingerprint density at radius 3 is 2.33 bits per heavy atom. The van der Waals surface area contributed by atoms with Crippen LogP contribution in [0.1, 0.15) is 42.3 Å². The molecule has 0 saturated heterocycles. The Morgan fingerprint density at radius 1 is 1.07 bits per heavy atom. The van der Waals surface area contributed by atoms with Gasteiger partial charge in [-0.1, -0.05) is 51.1 Å². The molecule has 2 aromatic carbocycles. The smallest absolute Gasteiger partial charge is 0.256 e. The number of nitriles is 1. The van der Waals surface area contributed by atoms with Gasteiger partial charge in [-0.15, -0.1) is 0 Å². The van der Waals surface area contributed by atoms with Gasteiger partial charge in [-0.25, -0.2) is 0 Å². The summed E-state index contributed by atoms with van der Waals surface area (Å²) < 4.78 is 0. The van der Waals surface area contributed by atoms with Crippen molar-refractivity contribution in [2.75, 3.05) is 10.6 Å². The van der Waals surface area contributed by atoms with Crippen molar-refractivity contribution < 1.29 is 4.79 Å². The number of hydrogen-bond acceptors (Lipinski definition) is 4. The maximum atomic E-state index is 12.3. The molecule has 3 aromatic rings. The highest BCUT2D eigenvalue weighted by molar-refractivity contribution is 6.04. The predicted octanol–water partition coefficient (Wildman–Crippen LogP) is 4.57. The van der Waals surface area contributed by atoms with E-state index in [0.29, 0.717) is 11.4 Å². The average Bonchev–Trinajstić information content (AvgIpc) is 3.03. The molecule has 0 atom stereocenters. The van der Waals surface area contributed by atoms with Gasteiger partial charge in [0.15, 0.2) is 5.82 Å². The maximum Gasteiger partial charge on any atom is 0.256 e. The molecule has 1 amide bonds. The van der Waals surface area contributed by atoms with Crippen LogP contribution < -0.4 is 10.6 Å². The second-order valence-corrected chi connectivity index (χ2v) is 7.21. The van der Waals surface area contributed by atoms with Crippen LogP contribution in [-0.2, 0) is 5.41 Å². The number of amides is 1. The third-order valence-electron chi connectivity index (χ3n) is 4.17. The van der Waals surface area contributed by atoms with Crippen molar-refractivity contribution in [1.29, 1.82) is 5.26 Å². The highest BCUT2D eigenvalue weighted by atomic mass is 16.1. The first-order valence-corrected chi connectivity index (χ1v) is 8.61. The van der Waals surface area contributed by atoms with Crippen LogP contribution in [0.15, 0.2) is 54.6 Å². The first-order chi connectivity index (χ1) is 12.9. The number of nitrogens with one attached hydrogen (secondary N) is 3. The molecule has 27 heavy (non-hydrogen) atoms. The molecule has 1 aromatic heterocycles. The van der Waals surface area contributed by atoms with Crippen LogP contribution >= 0.6 is 0 Å². The molecule has 0 fully saturated rings. The zero-order chi connectivity index (χ0) is 19.4. The minimum Gasteiger partial charge on any atom is -0.339 e. The van der Waals surface area contributed by atoms with E-state index in [9.17, 15) is 10.1 Å². The second-order valence-electron chi connectivity index (χ2n) is 7.21. The molecule has 3 N–H and O–H groups in total. The van der Waals surface area contributed by atoms with Crippen molar-refractivity contribution in [3.63, 3.8) is 0 Å². The fourth-order valence-corrected chi connectivity index (χ4v) is 2.60. The van der Waals surface area contributed by atoms with Crippen molar-refractivity contribution in [2.24, 2.45) is 0 Å². The Balaban J connectivity index is 1.78. The van der Waals surface area contributed by atoms with Gasteiger partial charge in [0.05, 0.1) is 0 Å². The summed E-state index contributed by atoms with van der Waals surface area (Å²) >= 11 is 0. The van der Waals surface area contributed by atoms with Gasteiger partial charge in [-0.05, 0) is 35.2 Å². The van der Waals surface area contributed by atoms with E-state index in [1.54, 1.807) is 24.3 Å². The molecule has 6 nitrogen and oxygen atoms in total. The normalized spacial score (nSPS) is 10.9. The van der Waals surface area contributed by atoms with Crippen molar-refractivity contribution in [2.45, 2.75) is 26.2 Å². The fraction of sp³-hybridized carbons (Fsp3) is 0.190. The molecule has 0 bridgehead atoms. The molecule has 0 unspecified atom stereocenters. The van der Waals surface area contributed by atoms with E-state index >= 15 is 0 Å². The summed E-state index contributed by atoms with van der Waals surface area (Å²) in [5.74, 6) is 0.309. The number of carbonyl (C=O) groups excluding carboxylic acids is 1. The van der Waals surface area contributed by atoms with Gasteiger partial charge in [-0.2, -0.15) is 10.4 Å². The van der Waals surface area contributed by atoms with Crippen LogP contribution in [0.2, 0.25) is 0 Å². The predicted molar refractivity (Wildman–Crippen MR) is 106 cm³/mol. The minimum atomic E-state index is -0.320. The third kappa shape index (κ3) is 4.15. The van der Waals surface area contributed by atoms with Gasteiger partial charge < -0.3 is 10.6 Å². The van der Waals surface area contributed by atoms with Gasteiger partial charge in [0.25, 0.3) is 5.91 Å². The minimum absolute atomic E-state index is 0.0687. The van der Waals surface area contributed by atoms with E-state index in [-0.39, 0.29) is 22.7 Å². The molecule has 6 heteroatoms. The van der Waals surface area contributed by atoms with Gasteiger partial charge >= 0.3 is 0 Å². The van der Waals surface area contributed by atoms with Crippen molar-refractivity contribution >= 4 is 23.2 Å². The van der Waals surface area contributed by atoms with Crippen LogP contribution in [0, 0.1) is 11.3 Å². The van der Waals surface area contributed by atoms with E-state index in [1.165, 1.54) is 5.56 Å². The molecule has 0 aliphatic carbocycles. The molecule has 0 radical (unpaired) electrons. The van der Waals surface area contributed by atoms with Gasteiger partial charge in [-0.3, -0.25) is 9.89 Å². The molecular weight excluding hydrogens is 338 g/mol. The number of nitrogens with zero attached hydrogens (tertiary/aromatic N) is 2. The lowest BCUT2D eigenvalue weighted by atomic mass is 9.87. The van der Waals surface area contributed by atoms with E-state index < -0.39 is 0 Å². The molecule has 0 saturated carbocycles. The number of hydrogen-bond donors (Lipinski definition) is 3. The highest BCUT2D eigenvalue weighted by Crippen LogP contribution is 2.27. The topological polar surface area (TPSA) is 93.6 Å². The lowest BCUT2D eigenvalue weighted by Gasteiger charge is -2.19. The van der Waals surface area contributed by atoms with E-state index in [1.807, 2.05) is 30.3 Å². The Kier molecular flexibility index (Phi) is 4.95. The maximum absolute atomic E-state index is 12.3. The van der Waals surface area contributed by atoms with Crippen molar-refractivity contribution in [1.82, 2.24) is 10.2 Å². The zero-order valence-corrected chi connectivity index (χ0v) is 15.5. The van der Waals surface area contributed by atoms with Gasteiger partial charge in [0.2, 0.25) is 0 Å². The van der Waals surface area contributed by atoms with Crippen LogP contribution in [-0.4, -0.2) is 16.1 Å². The van der Waals surface area contributed by atoms with Crippen LogP contribution in [0.5, 0.6) is 0 Å². The van der Waals surface area contributed by atoms with E-state index in [4.69, 9.17) is 0 Å². The van der Waals surface area contributed by atoms with E-state index in [2.05, 4.69) is 47.7 Å². The molecule has 0 aliphatic rings. The van der Waals surface area contributed by atoms with Crippen LogP contribution in [0.25, 0.3) is 0 Å². The standard InChI is InChI=1S/C21H21N5O/c1-21(2,3)15-9-11-16(12-10-15)23-18-17(13-22)19(26-25-18)24-20(27)14-7-5-4-6-8-14/h4-12H,1-3H3,(H3,23,24,25,26,27). The summed E-state index contributed by atoms with van der Waals surface area (Å²) in [5, 5.41) is 22.2. The first-order valence-electron chi connectivity index (χ1n) is 8.61. The SMILES string of the molecule is CC(C)(C)c1ccc(Nc2[nH]nc(NC(=O)c3ccccc3)c2C#N)cc1. The van der Waals surface area contributed by atoms with Crippen LogP contribution in [0.3, 0.4) is 0 Å². The number of anilines is 3. The monoisotopic (exact) mass is 359 g/mol. The quantitative estimate of drug-likeness (QED) is 0.636. The number of aromatic amines is 1. The highest BCUT2D eigenvalue weighted by Gasteiger charge is 2.17. The molecule has 0 spiro atoms. The Bertz CT molecular complexity index is 976. The fourth-order valence-electron chi connectivity index (χ4n) is 2.60. The zero-order valence-electron chi connectivity index (χ0n) is 15.5. The number of benzene rings is 2. The number of rotatable bonds is 4. The molecule has 136 valence electrons. The van der Waals surface area contributed by atoms with Crippen molar-refractivity contribution in [3.8, 4) is 6.07 Å². The average molecular weight is 359 g/mol. The number of carbonyl (C=O) groups is 1. The summed E-state index contributed by atoms with van der Waals surface area (Å²) in [6.07, 6.45) is 0. The molecular formula is C21H21N5O.